The first-order chi connectivity index (χ1) is 8.88. The van der Waals surface area contributed by atoms with E-state index in [1.165, 1.54) is 11.3 Å². The topological polar surface area (TPSA) is 47.0 Å². The van der Waals surface area contributed by atoms with Crippen molar-refractivity contribution in [3.8, 4) is 5.88 Å². The van der Waals surface area contributed by atoms with Crippen molar-refractivity contribution >= 4 is 5.69 Å². The number of hydrogen-bond donors (Lipinski definition) is 1. The van der Waals surface area contributed by atoms with Gasteiger partial charge < -0.3 is 10.1 Å². The number of para-hydroxylation sites is 1. The van der Waals surface area contributed by atoms with Crippen LogP contribution in [0.1, 0.15) is 23.7 Å². The Bertz CT molecular complexity index is 556. The molecule has 1 N–H and O–H groups in total. The molecule has 4 heteroatoms. The highest BCUT2D eigenvalue weighted by Crippen LogP contribution is 2.33. The van der Waals surface area contributed by atoms with Gasteiger partial charge in [0.05, 0.1) is 13.2 Å². The van der Waals surface area contributed by atoms with Gasteiger partial charge in [0.15, 0.2) is 0 Å². The predicted octanol–water partition coefficient (Wildman–Crippen LogP) is 2.58. The van der Waals surface area contributed by atoms with Crippen LogP contribution in [-0.4, -0.2) is 17.1 Å². The highest BCUT2D eigenvalue weighted by Gasteiger charge is 2.23. The van der Waals surface area contributed by atoms with Crippen LogP contribution >= 0.6 is 0 Å². The Morgan fingerprint density at radius 3 is 2.94 bits per heavy atom. The van der Waals surface area contributed by atoms with Crippen molar-refractivity contribution < 1.29 is 4.74 Å². The number of nitrogens with zero attached hydrogens (tertiary/aromatic N) is 2. The lowest BCUT2D eigenvalue weighted by Crippen LogP contribution is -2.20. The van der Waals surface area contributed by atoms with Crippen molar-refractivity contribution in [2.24, 2.45) is 0 Å². The molecule has 2 aromatic rings. The molecule has 0 amide bonds. The molecule has 3 rings (SSSR count). The molecule has 18 heavy (non-hydrogen) atoms. The molecule has 92 valence electrons. The lowest BCUT2D eigenvalue weighted by atomic mass is 9.96. The average molecular weight is 241 g/mol. The molecule has 1 unspecified atom stereocenters. The number of aromatic nitrogens is 2. The van der Waals surface area contributed by atoms with Crippen molar-refractivity contribution in [1.29, 1.82) is 0 Å². The Morgan fingerprint density at radius 2 is 2.06 bits per heavy atom. The van der Waals surface area contributed by atoms with E-state index in [2.05, 4.69) is 33.5 Å². The summed E-state index contributed by atoms with van der Waals surface area (Å²) in [4.78, 5) is 8.60. The fourth-order valence-corrected chi connectivity index (χ4v) is 2.38. The zero-order valence-corrected chi connectivity index (χ0v) is 10.3. The smallest absolute Gasteiger partial charge is 0.237 e. The van der Waals surface area contributed by atoms with Crippen molar-refractivity contribution in [2.75, 3.05) is 12.4 Å². The Balaban J connectivity index is 1.92. The van der Waals surface area contributed by atoms with E-state index in [-0.39, 0.29) is 6.04 Å². The van der Waals surface area contributed by atoms with Gasteiger partial charge in [0.2, 0.25) is 5.88 Å². The van der Waals surface area contributed by atoms with E-state index >= 15 is 0 Å². The van der Waals surface area contributed by atoms with Crippen LogP contribution in [0.15, 0.2) is 36.7 Å². The number of rotatable bonds is 2. The summed E-state index contributed by atoms with van der Waals surface area (Å²) in [5.74, 6) is 0.606. The number of hydrogen-bond acceptors (Lipinski definition) is 4. The predicted molar refractivity (Wildman–Crippen MR) is 69.7 cm³/mol. The summed E-state index contributed by atoms with van der Waals surface area (Å²) >= 11 is 0. The first-order valence-electron chi connectivity index (χ1n) is 6.08. The summed E-state index contributed by atoms with van der Waals surface area (Å²) in [5.41, 5.74) is 3.42. The quantitative estimate of drug-likeness (QED) is 0.877. The molecule has 0 aliphatic carbocycles. The number of anilines is 1. The molecule has 4 nitrogen and oxygen atoms in total. The van der Waals surface area contributed by atoms with Crippen LogP contribution in [0.3, 0.4) is 0 Å². The molecule has 1 atom stereocenters. The SMILES string of the molecule is COc1nccnc1C1CCc2ccccc2N1. The standard InChI is InChI=1S/C14H15N3O/c1-18-14-13(15-8-9-16-14)12-7-6-10-4-2-3-5-11(10)17-12/h2-5,8-9,12,17H,6-7H2,1H3. The van der Waals surface area contributed by atoms with Gasteiger partial charge >= 0.3 is 0 Å². The Morgan fingerprint density at radius 1 is 1.22 bits per heavy atom. The molecule has 0 saturated heterocycles. The number of aryl methyl sites for hydroxylation is 1. The molecule has 1 aromatic heterocycles. The summed E-state index contributed by atoms with van der Waals surface area (Å²) in [5, 5.41) is 3.51. The molecular weight excluding hydrogens is 226 g/mol. The van der Waals surface area contributed by atoms with Gasteiger partial charge in [-0.15, -0.1) is 0 Å². The summed E-state index contributed by atoms with van der Waals surface area (Å²) in [6.45, 7) is 0. The minimum atomic E-state index is 0.170. The van der Waals surface area contributed by atoms with Gasteiger partial charge in [-0.2, -0.15) is 0 Å². The lowest BCUT2D eigenvalue weighted by molar-refractivity contribution is 0.384. The van der Waals surface area contributed by atoms with Crippen molar-refractivity contribution in [1.82, 2.24) is 9.97 Å². The molecule has 0 saturated carbocycles. The molecule has 1 aliphatic heterocycles. The second kappa shape index (κ2) is 4.64. The summed E-state index contributed by atoms with van der Waals surface area (Å²) < 4.78 is 5.27. The molecule has 0 spiro atoms. The van der Waals surface area contributed by atoms with Crippen LogP contribution in [0.4, 0.5) is 5.69 Å². The van der Waals surface area contributed by atoms with Crippen LogP contribution in [-0.2, 0) is 6.42 Å². The van der Waals surface area contributed by atoms with Crippen LogP contribution in [0, 0.1) is 0 Å². The van der Waals surface area contributed by atoms with Gasteiger partial charge in [-0.1, -0.05) is 18.2 Å². The fraction of sp³-hybridized carbons (Fsp3) is 0.286. The largest absolute Gasteiger partial charge is 0.480 e. The Kier molecular flexibility index (Phi) is 2.84. The fourth-order valence-electron chi connectivity index (χ4n) is 2.38. The number of fused-ring (bicyclic) bond motifs is 1. The lowest BCUT2D eigenvalue weighted by Gasteiger charge is -2.27. The number of benzene rings is 1. The Labute approximate surface area is 106 Å². The first-order valence-corrected chi connectivity index (χ1v) is 6.08. The third-order valence-corrected chi connectivity index (χ3v) is 3.26. The van der Waals surface area contributed by atoms with Gasteiger partial charge in [0.1, 0.15) is 5.69 Å². The van der Waals surface area contributed by atoms with E-state index in [1.807, 2.05) is 6.07 Å². The van der Waals surface area contributed by atoms with Gasteiger partial charge in [-0.05, 0) is 24.5 Å². The second-order valence-electron chi connectivity index (χ2n) is 4.34. The zero-order valence-electron chi connectivity index (χ0n) is 10.3. The molecule has 0 bridgehead atoms. The van der Waals surface area contributed by atoms with Crippen molar-refractivity contribution in [2.45, 2.75) is 18.9 Å². The van der Waals surface area contributed by atoms with Gasteiger partial charge in [0.25, 0.3) is 0 Å². The third kappa shape index (κ3) is 1.90. The monoisotopic (exact) mass is 241 g/mol. The highest BCUT2D eigenvalue weighted by molar-refractivity contribution is 5.54. The first kappa shape index (κ1) is 11.0. The summed E-state index contributed by atoms with van der Waals surface area (Å²) in [6.07, 6.45) is 5.42. The highest BCUT2D eigenvalue weighted by atomic mass is 16.5. The van der Waals surface area contributed by atoms with Crippen LogP contribution in [0.5, 0.6) is 5.88 Å². The van der Waals surface area contributed by atoms with E-state index in [4.69, 9.17) is 4.74 Å². The van der Waals surface area contributed by atoms with E-state index in [0.29, 0.717) is 5.88 Å². The van der Waals surface area contributed by atoms with E-state index in [9.17, 15) is 0 Å². The van der Waals surface area contributed by atoms with Crippen molar-refractivity contribution in [3.05, 3.63) is 47.9 Å². The summed E-state index contributed by atoms with van der Waals surface area (Å²) in [6, 6.07) is 8.55. The number of methoxy groups -OCH3 is 1. The van der Waals surface area contributed by atoms with Crippen LogP contribution in [0.25, 0.3) is 0 Å². The normalized spacial score (nSPS) is 17.7. The number of ether oxygens (including phenoxy) is 1. The maximum Gasteiger partial charge on any atom is 0.237 e. The number of nitrogens with one attached hydrogen (secondary N) is 1. The van der Waals surface area contributed by atoms with Crippen LogP contribution in [0.2, 0.25) is 0 Å². The van der Waals surface area contributed by atoms with E-state index < -0.39 is 0 Å². The molecular formula is C14H15N3O. The Hall–Kier alpha value is -2.10. The molecule has 1 aliphatic rings. The van der Waals surface area contributed by atoms with E-state index in [0.717, 1.165) is 18.5 Å². The maximum absolute atomic E-state index is 5.27. The molecule has 0 radical (unpaired) electrons. The average Bonchev–Trinajstić information content (AvgIpc) is 2.46. The summed E-state index contributed by atoms with van der Waals surface area (Å²) in [7, 11) is 1.63. The van der Waals surface area contributed by atoms with Crippen LogP contribution < -0.4 is 10.1 Å². The zero-order chi connectivity index (χ0) is 12.4. The van der Waals surface area contributed by atoms with Gasteiger partial charge in [-0.3, -0.25) is 4.98 Å². The molecule has 1 aromatic carbocycles. The van der Waals surface area contributed by atoms with Gasteiger partial charge in [0, 0.05) is 18.1 Å². The maximum atomic E-state index is 5.27. The molecule has 2 heterocycles. The third-order valence-electron chi connectivity index (χ3n) is 3.26. The minimum Gasteiger partial charge on any atom is -0.480 e. The van der Waals surface area contributed by atoms with Crippen molar-refractivity contribution in [3.63, 3.8) is 0 Å². The molecule has 0 fully saturated rings. The van der Waals surface area contributed by atoms with Gasteiger partial charge in [-0.25, -0.2) is 4.98 Å². The van der Waals surface area contributed by atoms with E-state index in [1.54, 1.807) is 19.5 Å². The minimum absolute atomic E-state index is 0.170. The second-order valence-corrected chi connectivity index (χ2v) is 4.34.